The summed E-state index contributed by atoms with van der Waals surface area (Å²) in [5, 5.41) is 6.13. The molecule has 0 aromatic heterocycles. The highest BCUT2D eigenvalue weighted by atomic mass is 19.1. The van der Waals surface area contributed by atoms with Gasteiger partial charge in [0.1, 0.15) is 5.82 Å². The van der Waals surface area contributed by atoms with E-state index in [4.69, 9.17) is 0 Å². The van der Waals surface area contributed by atoms with Crippen molar-refractivity contribution in [2.45, 2.75) is 63.7 Å². The van der Waals surface area contributed by atoms with E-state index in [-0.39, 0.29) is 17.9 Å². The van der Waals surface area contributed by atoms with Gasteiger partial charge in [0.2, 0.25) is 0 Å². The first-order valence-electron chi connectivity index (χ1n) is 10.2. The number of amides is 2. The van der Waals surface area contributed by atoms with Gasteiger partial charge in [0.05, 0.1) is 0 Å². The van der Waals surface area contributed by atoms with Gasteiger partial charge in [-0.05, 0) is 68.0 Å². The molecule has 0 aliphatic carbocycles. The van der Waals surface area contributed by atoms with Gasteiger partial charge in [0.25, 0.3) is 0 Å². The molecule has 1 unspecified atom stereocenters. The number of halogens is 1. The molecular weight excluding hydrogens is 353 g/mol. The van der Waals surface area contributed by atoms with Gasteiger partial charge in [-0.2, -0.15) is 0 Å². The third-order valence-electron chi connectivity index (χ3n) is 6.02. The van der Waals surface area contributed by atoms with Gasteiger partial charge in [0, 0.05) is 30.4 Å². The third kappa shape index (κ3) is 4.53. The zero-order valence-electron chi connectivity index (χ0n) is 16.3. The molecule has 2 saturated heterocycles. The molecule has 0 spiro atoms. The highest BCUT2D eigenvalue weighted by Gasteiger charge is 2.38. The van der Waals surface area contributed by atoms with Gasteiger partial charge >= 0.3 is 6.03 Å². The van der Waals surface area contributed by atoms with E-state index < -0.39 is 0 Å². The largest absolute Gasteiger partial charge is 0.335 e. The molecule has 5 heteroatoms. The van der Waals surface area contributed by atoms with Crippen LogP contribution in [0.3, 0.4) is 0 Å². The third-order valence-corrected chi connectivity index (χ3v) is 6.02. The van der Waals surface area contributed by atoms with Crippen molar-refractivity contribution in [2.75, 3.05) is 5.32 Å². The maximum Gasteiger partial charge on any atom is 0.319 e. The number of aryl methyl sites for hydroxylation is 1. The second kappa shape index (κ2) is 8.31. The summed E-state index contributed by atoms with van der Waals surface area (Å²) >= 11 is 0. The second-order valence-corrected chi connectivity index (χ2v) is 8.17. The van der Waals surface area contributed by atoms with Crippen LogP contribution in [0.15, 0.2) is 48.5 Å². The Labute approximate surface area is 166 Å². The summed E-state index contributed by atoms with van der Waals surface area (Å²) in [6.07, 6.45) is 5.51. The average molecular weight is 381 g/mol. The topological polar surface area (TPSA) is 44.4 Å². The molecule has 2 aliphatic heterocycles. The Kier molecular flexibility index (Phi) is 5.62. The Hall–Kier alpha value is -2.40. The lowest BCUT2D eigenvalue weighted by Gasteiger charge is -2.49. The van der Waals surface area contributed by atoms with Crippen LogP contribution in [-0.4, -0.2) is 29.1 Å². The van der Waals surface area contributed by atoms with Crippen molar-refractivity contribution in [1.82, 2.24) is 10.2 Å². The number of hydrogen-bond donors (Lipinski definition) is 2. The van der Waals surface area contributed by atoms with Crippen molar-refractivity contribution in [2.24, 2.45) is 0 Å². The number of rotatable bonds is 4. The second-order valence-electron chi connectivity index (χ2n) is 8.17. The molecule has 2 aromatic carbocycles. The van der Waals surface area contributed by atoms with Gasteiger partial charge in [-0.25, -0.2) is 9.18 Å². The highest BCUT2D eigenvalue weighted by Crippen LogP contribution is 2.35. The molecule has 2 fully saturated rings. The molecule has 2 amide bonds. The maximum atomic E-state index is 13.2. The van der Waals surface area contributed by atoms with Crippen molar-refractivity contribution in [3.63, 3.8) is 0 Å². The smallest absolute Gasteiger partial charge is 0.319 e. The number of piperidine rings is 2. The maximum absolute atomic E-state index is 13.2. The number of urea groups is 1. The fraction of sp³-hybridized carbons (Fsp3) is 0.435. The van der Waals surface area contributed by atoms with Gasteiger partial charge in [0.15, 0.2) is 0 Å². The van der Waals surface area contributed by atoms with Crippen LogP contribution < -0.4 is 10.6 Å². The summed E-state index contributed by atoms with van der Waals surface area (Å²) in [7, 11) is 0. The van der Waals surface area contributed by atoms with Gasteiger partial charge in [-0.1, -0.05) is 30.7 Å². The van der Waals surface area contributed by atoms with E-state index in [0.29, 0.717) is 12.1 Å². The number of anilines is 1. The Morgan fingerprint density at radius 2 is 1.82 bits per heavy atom. The minimum atomic E-state index is -0.188. The van der Waals surface area contributed by atoms with Crippen LogP contribution >= 0.6 is 0 Å². The summed E-state index contributed by atoms with van der Waals surface area (Å²) in [5.41, 5.74) is 3.11. The van der Waals surface area contributed by atoms with Crippen molar-refractivity contribution >= 4 is 11.7 Å². The van der Waals surface area contributed by atoms with Crippen LogP contribution in [-0.2, 0) is 6.54 Å². The number of carbonyl (C=O) groups is 1. The SMILES string of the molecule is Cc1cccc(NC(=O)NC2C[C@H]3CCC[C@@H](C2)N3Cc2ccc(F)cc2)c1. The zero-order chi connectivity index (χ0) is 19.5. The Morgan fingerprint density at radius 1 is 1.11 bits per heavy atom. The van der Waals surface area contributed by atoms with E-state index in [1.54, 1.807) is 0 Å². The number of hydrogen-bond acceptors (Lipinski definition) is 2. The van der Waals surface area contributed by atoms with Gasteiger partial charge in [-0.3, -0.25) is 4.90 Å². The zero-order valence-corrected chi connectivity index (χ0v) is 16.3. The molecule has 28 heavy (non-hydrogen) atoms. The first kappa shape index (κ1) is 18.9. The fourth-order valence-corrected chi connectivity index (χ4v) is 4.73. The number of benzene rings is 2. The van der Waals surface area contributed by atoms with E-state index in [0.717, 1.165) is 49.0 Å². The lowest BCUT2D eigenvalue weighted by Crippen LogP contribution is -2.56. The van der Waals surface area contributed by atoms with Crippen LogP contribution in [0.25, 0.3) is 0 Å². The first-order valence-corrected chi connectivity index (χ1v) is 10.2. The number of carbonyl (C=O) groups excluding carboxylic acids is 1. The van der Waals surface area contributed by atoms with E-state index in [9.17, 15) is 9.18 Å². The number of fused-ring (bicyclic) bond motifs is 2. The molecule has 0 radical (unpaired) electrons. The summed E-state index contributed by atoms with van der Waals surface area (Å²) in [5.74, 6) is -0.188. The minimum absolute atomic E-state index is 0.124. The molecule has 2 aliphatic rings. The molecule has 2 heterocycles. The molecule has 0 saturated carbocycles. The molecule has 4 nitrogen and oxygen atoms in total. The van der Waals surface area contributed by atoms with E-state index in [1.807, 2.05) is 43.3 Å². The molecule has 148 valence electrons. The molecule has 2 bridgehead atoms. The van der Waals surface area contributed by atoms with Gasteiger partial charge in [-0.15, -0.1) is 0 Å². The van der Waals surface area contributed by atoms with Crippen LogP contribution in [0, 0.1) is 12.7 Å². The highest BCUT2D eigenvalue weighted by molar-refractivity contribution is 5.89. The predicted molar refractivity (Wildman–Crippen MR) is 110 cm³/mol. The predicted octanol–water partition coefficient (Wildman–Crippen LogP) is 4.84. The van der Waals surface area contributed by atoms with Crippen LogP contribution in [0.2, 0.25) is 0 Å². The Morgan fingerprint density at radius 3 is 2.50 bits per heavy atom. The molecule has 2 aromatic rings. The lowest BCUT2D eigenvalue weighted by molar-refractivity contribution is 0.0200. The van der Waals surface area contributed by atoms with E-state index >= 15 is 0 Å². The summed E-state index contributed by atoms with van der Waals surface area (Å²) in [6, 6.07) is 15.7. The summed E-state index contributed by atoms with van der Waals surface area (Å²) in [4.78, 5) is 15.0. The Balaban J connectivity index is 1.36. The quantitative estimate of drug-likeness (QED) is 0.796. The molecule has 3 atom stereocenters. The van der Waals surface area contributed by atoms with Crippen molar-refractivity contribution < 1.29 is 9.18 Å². The number of nitrogens with zero attached hydrogens (tertiary/aromatic N) is 1. The fourth-order valence-electron chi connectivity index (χ4n) is 4.73. The van der Waals surface area contributed by atoms with Crippen molar-refractivity contribution in [1.29, 1.82) is 0 Å². The Bertz CT molecular complexity index is 809. The molecular formula is C23H28FN3O. The van der Waals surface area contributed by atoms with E-state index in [1.165, 1.54) is 18.6 Å². The van der Waals surface area contributed by atoms with Crippen LogP contribution in [0.4, 0.5) is 14.9 Å². The van der Waals surface area contributed by atoms with Crippen LogP contribution in [0.5, 0.6) is 0 Å². The lowest BCUT2D eigenvalue weighted by atomic mass is 9.81. The van der Waals surface area contributed by atoms with Crippen molar-refractivity contribution in [3.8, 4) is 0 Å². The van der Waals surface area contributed by atoms with Gasteiger partial charge < -0.3 is 10.6 Å². The molecule has 4 rings (SSSR count). The normalized spacial score (nSPS) is 24.6. The minimum Gasteiger partial charge on any atom is -0.335 e. The summed E-state index contributed by atoms with van der Waals surface area (Å²) < 4.78 is 13.2. The molecule has 2 N–H and O–H groups in total. The standard InChI is InChI=1S/C23H28FN3O/c1-16-4-2-5-19(12-16)25-23(28)26-20-13-21-6-3-7-22(14-20)27(21)15-17-8-10-18(24)11-9-17/h2,4-5,8-12,20-22H,3,6-7,13-15H2,1H3,(H2,25,26,28)/t20?,21-,22+. The van der Waals surface area contributed by atoms with Crippen molar-refractivity contribution in [3.05, 3.63) is 65.5 Å². The monoisotopic (exact) mass is 381 g/mol. The first-order chi connectivity index (χ1) is 13.6. The average Bonchev–Trinajstić information content (AvgIpc) is 2.64. The van der Waals surface area contributed by atoms with E-state index in [2.05, 4.69) is 15.5 Å². The number of nitrogens with one attached hydrogen (secondary N) is 2. The summed E-state index contributed by atoms with van der Waals surface area (Å²) in [6.45, 7) is 2.87. The van der Waals surface area contributed by atoms with Crippen LogP contribution in [0.1, 0.15) is 43.2 Å².